The molecule has 0 bridgehead atoms. The minimum atomic E-state index is 0.697. The fourth-order valence-corrected chi connectivity index (χ4v) is 1.98. The third-order valence-electron chi connectivity index (χ3n) is 3.40. The summed E-state index contributed by atoms with van der Waals surface area (Å²) < 4.78 is 0. The molecular formula is C12H25N. The van der Waals surface area contributed by atoms with E-state index in [0.29, 0.717) is 17.5 Å². The van der Waals surface area contributed by atoms with E-state index in [-0.39, 0.29) is 0 Å². The fraction of sp³-hybridized carbons (Fsp3) is 1.00. The van der Waals surface area contributed by atoms with Crippen molar-refractivity contribution in [3.63, 3.8) is 0 Å². The Kier molecular flexibility index (Phi) is 3.39. The maximum absolute atomic E-state index is 2.60. The highest BCUT2D eigenvalue weighted by molar-refractivity contribution is 4.89. The van der Waals surface area contributed by atoms with Crippen molar-refractivity contribution >= 4 is 0 Å². The molecular weight excluding hydrogens is 158 g/mol. The van der Waals surface area contributed by atoms with Crippen molar-refractivity contribution in [2.45, 2.75) is 66.0 Å². The highest BCUT2D eigenvalue weighted by Crippen LogP contribution is 2.48. The normalized spacial score (nSPS) is 20.3. The molecule has 0 aromatic carbocycles. The van der Waals surface area contributed by atoms with Crippen molar-refractivity contribution in [3.05, 3.63) is 0 Å². The molecule has 0 saturated heterocycles. The van der Waals surface area contributed by atoms with Gasteiger partial charge in [0.2, 0.25) is 0 Å². The summed E-state index contributed by atoms with van der Waals surface area (Å²) in [7, 11) is 0. The van der Waals surface area contributed by atoms with Crippen LogP contribution in [0.25, 0.3) is 0 Å². The van der Waals surface area contributed by atoms with Crippen molar-refractivity contribution in [2.75, 3.05) is 6.54 Å². The molecule has 0 unspecified atom stereocenters. The third kappa shape index (κ3) is 3.30. The van der Waals surface area contributed by atoms with Crippen molar-refractivity contribution < 1.29 is 0 Å². The summed E-state index contributed by atoms with van der Waals surface area (Å²) in [6.45, 7) is 12.9. The first-order valence-electron chi connectivity index (χ1n) is 5.70. The first-order valence-corrected chi connectivity index (χ1v) is 5.70. The summed E-state index contributed by atoms with van der Waals surface area (Å²) in [4.78, 5) is 2.60. The number of hydrogen-bond acceptors (Lipinski definition) is 1. The zero-order valence-electron chi connectivity index (χ0n) is 9.93. The van der Waals surface area contributed by atoms with Crippen molar-refractivity contribution in [1.82, 2.24) is 4.90 Å². The van der Waals surface area contributed by atoms with Crippen LogP contribution in [0.1, 0.15) is 53.9 Å². The van der Waals surface area contributed by atoms with E-state index in [1.165, 1.54) is 25.8 Å². The summed E-state index contributed by atoms with van der Waals surface area (Å²) in [6.07, 6.45) is 4.30. The zero-order valence-corrected chi connectivity index (χ0v) is 9.93. The molecule has 13 heavy (non-hydrogen) atoms. The van der Waals surface area contributed by atoms with Gasteiger partial charge in [-0.3, -0.25) is 4.90 Å². The van der Waals surface area contributed by atoms with E-state index in [4.69, 9.17) is 0 Å². The third-order valence-corrected chi connectivity index (χ3v) is 3.40. The summed E-state index contributed by atoms with van der Waals surface area (Å²) in [5, 5.41) is 0. The van der Waals surface area contributed by atoms with Crippen LogP contribution in [0.5, 0.6) is 0 Å². The quantitative estimate of drug-likeness (QED) is 0.632. The Morgan fingerprint density at radius 2 is 1.54 bits per heavy atom. The van der Waals surface area contributed by atoms with Crippen molar-refractivity contribution in [1.29, 1.82) is 0 Å². The van der Waals surface area contributed by atoms with Crippen LogP contribution in [-0.4, -0.2) is 23.5 Å². The molecule has 0 aliphatic heterocycles. The highest BCUT2D eigenvalue weighted by Gasteiger charge is 2.37. The predicted molar refractivity (Wildman–Crippen MR) is 58.9 cm³/mol. The van der Waals surface area contributed by atoms with Crippen LogP contribution in [0.4, 0.5) is 0 Å². The van der Waals surface area contributed by atoms with E-state index in [2.05, 4.69) is 39.5 Å². The maximum atomic E-state index is 2.60. The van der Waals surface area contributed by atoms with Gasteiger partial charge in [0.05, 0.1) is 0 Å². The lowest BCUT2D eigenvalue weighted by atomic mass is 10.0. The van der Waals surface area contributed by atoms with Gasteiger partial charge in [-0.05, 0) is 58.9 Å². The molecule has 1 rings (SSSR count). The van der Waals surface area contributed by atoms with Gasteiger partial charge in [0.25, 0.3) is 0 Å². The molecule has 78 valence electrons. The lowest BCUT2D eigenvalue weighted by Gasteiger charge is -2.31. The molecule has 0 radical (unpaired) electrons. The smallest absolute Gasteiger partial charge is 0.00412 e. The zero-order chi connectivity index (χ0) is 10.1. The lowest BCUT2D eigenvalue weighted by Crippen LogP contribution is -2.38. The van der Waals surface area contributed by atoms with Gasteiger partial charge in [-0.15, -0.1) is 0 Å². The SMILES string of the molecule is CC(C)N(CCC1(C)CC1)C(C)C. The Morgan fingerprint density at radius 3 is 1.85 bits per heavy atom. The Balaban J connectivity index is 2.30. The Bertz CT molecular complexity index is 149. The molecule has 0 heterocycles. The molecule has 1 saturated carbocycles. The molecule has 1 nitrogen and oxygen atoms in total. The van der Waals surface area contributed by atoms with Crippen LogP contribution in [-0.2, 0) is 0 Å². The average molecular weight is 183 g/mol. The standard InChI is InChI=1S/C12H25N/c1-10(2)13(11(3)4)9-8-12(5)6-7-12/h10-11H,6-9H2,1-5H3. The minimum Gasteiger partial charge on any atom is -0.299 e. The fourth-order valence-electron chi connectivity index (χ4n) is 1.98. The molecule has 0 N–H and O–H groups in total. The average Bonchev–Trinajstić information content (AvgIpc) is 2.67. The molecule has 0 amide bonds. The first kappa shape index (κ1) is 11.0. The van der Waals surface area contributed by atoms with E-state index >= 15 is 0 Å². The molecule has 1 heteroatoms. The summed E-state index contributed by atoms with van der Waals surface area (Å²) in [6, 6.07) is 1.39. The van der Waals surface area contributed by atoms with E-state index in [1.54, 1.807) is 0 Å². The van der Waals surface area contributed by atoms with Gasteiger partial charge in [-0.2, -0.15) is 0 Å². The van der Waals surface area contributed by atoms with Gasteiger partial charge in [-0.1, -0.05) is 6.92 Å². The monoisotopic (exact) mass is 183 g/mol. The Hall–Kier alpha value is -0.0400. The van der Waals surface area contributed by atoms with Crippen LogP contribution in [0, 0.1) is 5.41 Å². The molecule has 0 spiro atoms. The second-order valence-corrected chi connectivity index (χ2v) is 5.49. The second-order valence-electron chi connectivity index (χ2n) is 5.49. The molecule has 1 aliphatic rings. The molecule has 0 aromatic heterocycles. The molecule has 0 atom stereocenters. The van der Waals surface area contributed by atoms with Gasteiger partial charge >= 0.3 is 0 Å². The van der Waals surface area contributed by atoms with E-state index in [9.17, 15) is 0 Å². The van der Waals surface area contributed by atoms with E-state index in [0.717, 1.165) is 0 Å². The second kappa shape index (κ2) is 4.00. The van der Waals surface area contributed by atoms with E-state index in [1.807, 2.05) is 0 Å². The summed E-state index contributed by atoms with van der Waals surface area (Å²) >= 11 is 0. The van der Waals surface area contributed by atoms with Crippen molar-refractivity contribution in [2.24, 2.45) is 5.41 Å². The van der Waals surface area contributed by atoms with Crippen LogP contribution in [0.2, 0.25) is 0 Å². The largest absolute Gasteiger partial charge is 0.299 e. The number of hydrogen-bond donors (Lipinski definition) is 0. The predicted octanol–water partition coefficient (Wildman–Crippen LogP) is 3.30. The first-order chi connectivity index (χ1) is 5.94. The number of nitrogens with zero attached hydrogens (tertiary/aromatic N) is 1. The van der Waals surface area contributed by atoms with Gasteiger partial charge in [0.1, 0.15) is 0 Å². The van der Waals surface area contributed by atoms with Gasteiger partial charge in [-0.25, -0.2) is 0 Å². The summed E-state index contributed by atoms with van der Waals surface area (Å²) in [5.74, 6) is 0. The van der Waals surface area contributed by atoms with Crippen LogP contribution in [0.15, 0.2) is 0 Å². The van der Waals surface area contributed by atoms with Crippen LogP contribution in [0.3, 0.4) is 0 Å². The van der Waals surface area contributed by atoms with Gasteiger partial charge in [0.15, 0.2) is 0 Å². The van der Waals surface area contributed by atoms with Gasteiger partial charge < -0.3 is 0 Å². The molecule has 1 aliphatic carbocycles. The highest BCUT2D eigenvalue weighted by atomic mass is 15.2. The Morgan fingerprint density at radius 1 is 1.08 bits per heavy atom. The van der Waals surface area contributed by atoms with Crippen LogP contribution >= 0.6 is 0 Å². The lowest BCUT2D eigenvalue weighted by molar-refractivity contribution is 0.161. The van der Waals surface area contributed by atoms with Crippen LogP contribution < -0.4 is 0 Å². The minimum absolute atomic E-state index is 0.697. The Labute approximate surface area is 83.5 Å². The van der Waals surface area contributed by atoms with Gasteiger partial charge in [0, 0.05) is 12.1 Å². The van der Waals surface area contributed by atoms with Crippen molar-refractivity contribution in [3.8, 4) is 0 Å². The van der Waals surface area contributed by atoms with E-state index < -0.39 is 0 Å². The topological polar surface area (TPSA) is 3.24 Å². The summed E-state index contributed by atoms with van der Waals surface area (Å²) in [5.41, 5.74) is 0.710. The number of rotatable bonds is 5. The molecule has 1 fully saturated rings. The molecule has 0 aromatic rings. The maximum Gasteiger partial charge on any atom is 0.00412 e.